The molecule has 0 atom stereocenters. The Balaban J connectivity index is 3.99. The van der Waals surface area contributed by atoms with E-state index in [1.807, 2.05) is 0 Å². The molecular formula is C8H11F5O2. The quantitative estimate of drug-likeness (QED) is 0.540. The van der Waals surface area contributed by atoms with Gasteiger partial charge in [0.15, 0.2) is 0 Å². The number of carbonyl (C=O) groups is 1. The second-order valence-corrected chi connectivity index (χ2v) is 2.92. The van der Waals surface area contributed by atoms with Gasteiger partial charge in [0.2, 0.25) is 0 Å². The molecule has 0 aromatic rings. The van der Waals surface area contributed by atoms with Crippen LogP contribution in [0.2, 0.25) is 0 Å². The fraction of sp³-hybridized carbons (Fsp3) is 0.875. The van der Waals surface area contributed by atoms with Crippen LogP contribution < -0.4 is 0 Å². The van der Waals surface area contributed by atoms with Crippen LogP contribution in [0.3, 0.4) is 0 Å². The zero-order valence-electron chi connectivity index (χ0n) is 8.03. The number of ether oxygens (including phenoxy) is 1. The first-order valence-electron chi connectivity index (χ1n) is 4.31. The van der Waals surface area contributed by atoms with Crippen molar-refractivity contribution in [3.05, 3.63) is 0 Å². The Morgan fingerprint density at radius 3 is 2.13 bits per heavy atom. The van der Waals surface area contributed by atoms with Gasteiger partial charge in [-0.1, -0.05) is 6.92 Å². The summed E-state index contributed by atoms with van der Waals surface area (Å²) in [7, 11) is 0. The standard InChI is InChI=1S/C8H11F5O2/c1-2-5-15-6(14)3-4-7(9,10)8(11,12)13/h2-5H2,1H3. The van der Waals surface area contributed by atoms with Crippen LogP contribution >= 0.6 is 0 Å². The summed E-state index contributed by atoms with van der Waals surface area (Å²) in [5.41, 5.74) is 0. The monoisotopic (exact) mass is 234 g/mol. The molecule has 0 spiro atoms. The first-order chi connectivity index (χ1) is 6.70. The second kappa shape index (κ2) is 5.27. The van der Waals surface area contributed by atoms with E-state index in [0.29, 0.717) is 6.42 Å². The molecule has 0 bridgehead atoms. The Kier molecular flexibility index (Phi) is 4.96. The van der Waals surface area contributed by atoms with E-state index in [4.69, 9.17) is 0 Å². The number of rotatable bonds is 5. The largest absolute Gasteiger partial charge is 0.466 e. The fourth-order valence-electron chi connectivity index (χ4n) is 0.689. The average molecular weight is 234 g/mol. The lowest BCUT2D eigenvalue weighted by molar-refractivity contribution is -0.284. The van der Waals surface area contributed by atoms with E-state index in [2.05, 4.69) is 4.74 Å². The van der Waals surface area contributed by atoms with Gasteiger partial charge in [0.25, 0.3) is 0 Å². The maximum Gasteiger partial charge on any atom is 0.453 e. The van der Waals surface area contributed by atoms with Crippen molar-refractivity contribution in [1.29, 1.82) is 0 Å². The Bertz CT molecular complexity index is 212. The zero-order chi connectivity index (χ0) is 12.1. The SMILES string of the molecule is CCCOC(=O)CCC(F)(F)C(F)(F)F. The van der Waals surface area contributed by atoms with Gasteiger partial charge >= 0.3 is 18.1 Å². The maximum absolute atomic E-state index is 12.3. The Labute approximate surface area is 83.4 Å². The van der Waals surface area contributed by atoms with E-state index < -0.39 is 30.9 Å². The zero-order valence-corrected chi connectivity index (χ0v) is 8.03. The first kappa shape index (κ1) is 14.1. The van der Waals surface area contributed by atoms with E-state index in [0.717, 1.165) is 0 Å². The smallest absolute Gasteiger partial charge is 0.453 e. The van der Waals surface area contributed by atoms with Crippen LogP contribution in [0, 0.1) is 0 Å². The van der Waals surface area contributed by atoms with E-state index in [1.54, 1.807) is 6.92 Å². The van der Waals surface area contributed by atoms with Crippen LogP contribution in [0.25, 0.3) is 0 Å². The van der Waals surface area contributed by atoms with Gasteiger partial charge in [0.1, 0.15) is 0 Å². The topological polar surface area (TPSA) is 26.3 Å². The third-order valence-corrected chi connectivity index (χ3v) is 1.53. The van der Waals surface area contributed by atoms with Crippen molar-refractivity contribution in [3.8, 4) is 0 Å². The Morgan fingerprint density at radius 2 is 1.73 bits per heavy atom. The van der Waals surface area contributed by atoms with Crippen LogP contribution in [-0.4, -0.2) is 24.7 Å². The summed E-state index contributed by atoms with van der Waals surface area (Å²) in [4.78, 5) is 10.7. The van der Waals surface area contributed by atoms with Crippen LogP contribution in [-0.2, 0) is 9.53 Å². The maximum atomic E-state index is 12.3. The number of halogens is 5. The molecule has 0 heterocycles. The number of alkyl halides is 5. The molecule has 90 valence electrons. The van der Waals surface area contributed by atoms with Gasteiger partial charge < -0.3 is 4.74 Å². The van der Waals surface area contributed by atoms with Gasteiger partial charge in [-0.05, 0) is 6.42 Å². The van der Waals surface area contributed by atoms with Gasteiger partial charge in [0.05, 0.1) is 13.0 Å². The molecule has 0 unspecified atom stereocenters. The fourth-order valence-corrected chi connectivity index (χ4v) is 0.689. The molecule has 0 amide bonds. The third kappa shape index (κ3) is 4.94. The third-order valence-electron chi connectivity index (χ3n) is 1.53. The van der Waals surface area contributed by atoms with Crippen LogP contribution in [0.4, 0.5) is 22.0 Å². The normalized spacial score (nSPS) is 12.7. The molecule has 7 heteroatoms. The predicted octanol–water partition coefficient (Wildman–Crippen LogP) is 2.92. The molecule has 0 aliphatic carbocycles. The molecule has 0 radical (unpaired) electrons. The summed E-state index contributed by atoms with van der Waals surface area (Å²) in [5, 5.41) is 0. The van der Waals surface area contributed by atoms with E-state index in [1.165, 1.54) is 0 Å². The molecule has 0 aromatic carbocycles. The lowest BCUT2D eigenvalue weighted by Gasteiger charge is -2.18. The number of hydrogen-bond donors (Lipinski definition) is 0. The summed E-state index contributed by atoms with van der Waals surface area (Å²) in [6, 6.07) is 0. The highest BCUT2D eigenvalue weighted by Crippen LogP contribution is 2.38. The lowest BCUT2D eigenvalue weighted by Crippen LogP contribution is -2.36. The molecule has 0 fully saturated rings. The van der Waals surface area contributed by atoms with Crippen LogP contribution in [0.5, 0.6) is 0 Å². The van der Waals surface area contributed by atoms with Crippen molar-refractivity contribution in [3.63, 3.8) is 0 Å². The summed E-state index contributed by atoms with van der Waals surface area (Å²) < 4.78 is 63.8. The predicted molar refractivity (Wildman–Crippen MR) is 41.5 cm³/mol. The van der Waals surface area contributed by atoms with E-state index in [-0.39, 0.29) is 6.61 Å². The summed E-state index contributed by atoms with van der Waals surface area (Å²) in [6.45, 7) is 1.70. The van der Waals surface area contributed by atoms with E-state index >= 15 is 0 Å². The molecule has 0 aliphatic heterocycles. The number of esters is 1. The Hall–Kier alpha value is -0.880. The Morgan fingerprint density at radius 1 is 1.20 bits per heavy atom. The molecule has 0 aromatic heterocycles. The minimum Gasteiger partial charge on any atom is -0.466 e. The lowest BCUT2D eigenvalue weighted by atomic mass is 10.2. The van der Waals surface area contributed by atoms with Crippen molar-refractivity contribution in [1.82, 2.24) is 0 Å². The van der Waals surface area contributed by atoms with Gasteiger partial charge in [0, 0.05) is 6.42 Å². The van der Waals surface area contributed by atoms with Gasteiger partial charge in [-0.3, -0.25) is 4.79 Å². The second-order valence-electron chi connectivity index (χ2n) is 2.92. The molecule has 15 heavy (non-hydrogen) atoms. The molecular weight excluding hydrogens is 223 g/mol. The van der Waals surface area contributed by atoms with Crippen LogP contribution in [0.1, 0.15) is 26.2 Å². The van der Waals surface area contributed by atoms with E-state index in [9.17, 15) is 26.7 Å². The van der Waals surface area contributed by atoms with Gasteiger partial charge in [-0.15, -0.1) is 0 Å². The van der Waals surface area contributed by atoms with Gasteiger partial charge in [-0.2, -0.15) is 22.0 Å². The number of hydrogen-bond acceptors (Lipinski definition) is 2. The molecule has 0 rings (SSSR count). The molecule has 2 nitrogen and oxygen atoms in total. The average Bonchev–Trinajstić information content (AvgIpc) is 2.09. The van der Waals surface area contributed by atoms with Crippen molar-refractivity contribution in [2.75, 3.05) is 6.61 Å². The van der Waals surface area contributed by atoms with Gasteiger partial charge in [-0.25, -0.2) is 0 Å². The molecule has 0 N–H and O–H groups in total. The molecule has 0 saturated heterocycles. The highest BCUT2D eigenvalue weighted by atomic mass is 19.4. The van der Waals surface area contributed by atoms with Crippen molar-refractivity contribution in [2.45, 2.75) is 38.3 Å². The molecule has 0 aliphatic rings. The highest BCUT2D eigenvalue weighted by molar-refractivity contribution is 5.69. The van der Waals surface area contributed by atoms with Crippen molar-refractivity contribution < 1.29 is 31.5 Å². The van der Waals surface area contributed by atoms with Crippen LogP contribution in [0.15, 0.2) is 0 Å². The van der Waals surface area contributed by atoms with Crippen molar-refractivity contribution in [2.24, 2.45) is 0 Å². The summed E-state index contributed by atoms with van der Waals surface area (Å²) in [6.07, 6.45) is -7.63. The first-order valence-corrected chi connectivity index (χ1v) is 4.31. The van der Waals surface area contributed by atoms with Crippen molar-refractivity contribution >= 4 is 5.97 Å². The summed E-state index contributed by atoms with van der Waals surface area (Å²) in [5.74, 6) is -5.88. The highest BCUT2D eigenvalue weighted by Gasteiger charge is 2.56. The minimum atomic E-state index is -5.61. The molecule has 0 saturated carbocycles. The minimum absolute atomic E-state index is 0.0242. The summed E-state index contributed by atoms with van der Waals surface area (Å²) >= 11 is 0. The number of carbonyl (C=O) groups excluding carboxylic acids is 1.